The van der Waals surface area contributed by atoms with Gasteiger partial charge in [-0.25, -0.2) is 0 Å². The first-order valence-electron chi connectivity index (χ1n) is 10.5. The van der Waals surface area contributed by atoms with Gasteiger partial charge in [0.05, 0.1) is 0 Å². The van der Waals surface area contributed by atoms with E-state index < -0.39 is 0 Å². The Morgan fingerprint density at radius 2 is 1.35 bits per heavy atom. The highest BCUT2D eigenvalue weighted by Gasteiger charge is 2.96. The molecule has 0 aromatic carbocycles. The molecule has 130 valence electrons. The van der Waals surface area contributed by atoms with E-state index in [1.165, 1.54) is 12.8 Å². The zero-order valence-electron chi connectivity index (χ0n) is 17.0. The van der Waals surface area contributed by atoms with Gasteiger partial charge in [0.1, 0.15) is 0 Å². The summed E-state index contributed by atoms with van der Waals surface area (Å²) >= 11 is 0. The molecule has 0 saturated heterocycles. The molecule has 11 atom stereocenters. The maximum atomic E-state index is 2.75. The Labute approximate surface area is 144 Å². The van der Waals surface area contributed by atoms with E-state index in [0.717, 1.165) is 41.4 Å². The third kappa shape index (κ3) is 0.935. The molecule has 5 aliphatic rings. The summed E-state index contributed by atoms with van der Waals surface area (Å²) in [6, 6.07) is 0. The van der Waals surface area contributed by atoms with Gasteiger partial charge in [0, 0.05) is 0 Å². The molecule has 0 aliphatic heterocycles. The second-order valence-corrected chi connectivity index (χ2v) is 11.9. The van der Waals surface area contributed by atoms with Crippen LogP contribution in [0.5, 0.6) is 0 Å². The van der Waals surface area contributed by atoms with Crippen molar-refractivity contribution in [2.24, 2.45) is 68.5 Å². The standard InChI is InChI=1S/C23H38/c1-10-14-13(3)21(7)16(14)18-17-15-12(2)11-20(6,19(15,4)5)22(17,8)23(18,21)9/h12-18H,10-11H2,1-9H3. The molecule has 0 heterocycles. The summed E-state index contributed by atoms with van der Waals surface area (Å²) in [5.41, 5.74) is 2.92. The van der Waals surface area contributed by atoms with Crippen LogP contribution in [0, 0.1) is 68.5 Å². The van der Waals surface area contributed by atoms with Crippen LogP contribution in [0.1, 0.15) is 75.2 Å². The summed E-state index contributed by atoms with van der Waals surface area (Å²) in [5, 5.41) is 0. The summed E-state index contributed by atoms with van der Waals surface area (Å²) < 4.78 is 0. The molecule has 5 aliphatic carbocycles. The van der Waals surface area contributed by atoms with E-state index in [2.05, 4.69) is 62.3 Å². The van der Waals surface area contributed by atoms with Crippen LogP contribution in [-0.4, -0.2) is 0 Å². The van der Waals surface area contributed by atoms with E-state index in [1.807, 2.05) is 0 Å². The highest BCUT2D eigenvalue weighted by atomic mass is 15.0. The fourth-order valence-electron chi connectivity index (χ4n) is 11.5. The Hall–Kier alpha value is 0. The van der Waals surface area contributed by atoms with E-state index in [-0.39, 0.29) is 0 Å². The van der Waals surface area contributed by atoms with Crippen molar-refractivity contribution in [2.75, 3.05) is 0 Å². The number of hydrogen-bond acceptors (Lipinski definition) is 0. The molecule has 0 radical (unpaired) electrons. The van der Waals surface area contributed by atoms with Crippen molar-refractivity contribution >= 4 is 0 Å². The zero-order valence-corrected chi connectivity index (χ0v) is 17.0. The van der Waals surface area contributed by atoms with Gasteiger partial charge in [-0.15, -0.1) is 0 Å². The van der Waals surface area contributed by atoms with Crippen LogP contribution in [0.3, 0.4) is 0 Å². The van der Waals surface area contributed by atoms with Crippen molar-refractivity contribution in [3.8, 4) is 0 Å². The summed E-state index contributed by atoms with van der Waals surface area (Å²) in [4.78, 5) is 0. The maximum absolute atomic E-state index is 2.75. The van der Waals surface area contributed by atoms with E-state index in [1.54, 1.807) is 0 Å². The molecule has 0 N–H and O–H groups in total. The van der Waals surface area contributed by atoms with E-state index in [0.29, 0.717) is 27.1 Å². The highest BCUT2D eigenvalue weighted by Crippen LogP contribution is 3.00. The van der Waals surface area contributed by atoms with Gasteiger partial charge in [0.25, 0.3) is 0 Å². The first-order chi connectivity index (χ1) is 10.5. The molecular weight excluding hydrogens is 276 g/mol. The molecule has 0 aromatic heterocycles. The van der Waals surface area contributed by atoms with Gasteiger partial charge in [0.15, 0.2) is 0 Å². The van der Waals surface area contributed by atoms with Crippen molar-refractivity contribution in [3.63, 3.8) is 0 Å². The van der Waals surface area contributed by atoms with Crippen LogP contribution in [0.4, 0.5) is 0 Å². The van der Waals surface area contributed by atoms with Crippen LogP contribution in [0.2, 0.25) is 0 Å². The lowest BCUT2D eigenvalue weighted by Crippen LogP contribution is -2.90. The van der Waals surface area contributed by atoms with Crippen LogP contribution in [0.15, 0.2) is 0 Å². The van der Waals surface area contributed by atoms with Gasteiger partial charge in [-0.2, -0.15) is 0 Å². The van der Waals surface area contributed by atoms with Crippen molar-refractivity contribution in [1.29, 1.82) is 0 Å². The van der Waals surface area contributed by atoms with E-state index >= 15 is 0 Å². The molecule has 23 heavy (non-hydrogen) atoms. The van der Waals surface area contributed by atoms with Gasteiger partial charge in [0.2, 0.25) is 0 Å². The summed E-state index contributed by atoms with van der Waals surface area (Å²) in [6.07, 6.45) is 2.89. The first-order valence-corrected chi connectivity index (χ1v) is 10.5. The smallest absolute Gasteiger partial charge is 0.0170 e. The van der Waals surface area contributed by atoms with E-state index in [4.69, 9.17) is 0 Å². The number of hydrogen-bond donors (Lipinski definition) is 0. The molecule has 5 saturated carbocycles. The maximum Gasteiger partial charge on any atom is -0.0170 e. The molecule has 2 bridgehead atoms. The second kappa shape index (κ2) is 3.45. The topological polar surface area (TPSA) is 0 Å². The Morgan fingerprint density at radius 1 is 0.783 bits per heavy atom. The van der Waals surface area contributed by atoms with Crippen LogP contribution < -0.4 is 0 Å². The third-order valence-electron chi connectivity index (χ3n) is 12.7. The van der Waals surface area contributed by atoms with E-state index in [9.17, 15) is 0 Å². The summed E-state index contributed by atoms with van der Waals surface area (Å²) in [6.45, 7) is 23.8. The first kappa shape index (κ1) is 15.3. The van der Waals surface area contributed by atoms with Crippen molar-refractivity contribution in [1.82, 2.24) is 0 Å². The fourth-order valence-corrected chi connectivity index (χ4v) is 11.5. The Kier molecular flexibility index (Phi) is 2.29. The average molecular weight is 315 g/mol. The zero-order chi connectivity index (χ0) is 17.0. The second-order valence-electron chi connectivity index (χ2n) is 11.9. The van der Waals surface area contributed by atoms with Crippen molar-refractivity contribution < 1.29 is 0 Å². The lowest BCUT2D eigenvalue weighted by Gasteiger charge is -2.94. The van der Waals surface area contributed by atoms with Gasteiger partial charge in [-0.3, -0.25) is 0 Å². The van der Waals surface area contributed by atoms with Crippen LogP contribution in [-0.2, 0) is 0 Å². The highest BCUT2D eigenvalue weighted by molar-refractivity contribution is 5.43. The van der Waals surface area contributed by atoms with Gasteiger partial charge in [-0.05, 0) is 74.9 Å². The number of rotatable bonds is 1. The molecular formula is C23H38. The van der Waals surface area contributed by atoms with Crippen LogP contribution >= 0.6 is 0 Å². The molecule has 5 rings (SSSR count). The van der Waals surface area contributed by atoms with Crippen LogP contribution in [0.25, 0.3) is 0 Å². The predicted molar refractivity (Wildman–Crippen MR) is 96.9 cm³/mol. The quantitative estimate of drug-likeness (QED) is 0.536. The monoisotopic (exact) mass is 314 g/mol. The van der Waals surface area contributed by atoms with Crippen molar-refractivity contribution in [3.05, 3.63) is 0 Å². The Balaban J connectivity index is 1.68. The van der Waals surface area contributed by atoms with Gasteiger partial charge in [-0.1, -0.05) is 68.7 Å². The molecule has 0 aromatic rings. The average Bonchev–Trinajstić information content (AvgIpc) is 2.73. The Bertz CT molecular complexity index is 603. The fraction of sp³-hybridized carbons (Fsp3) is 1.00. The van der Waals surface area contributed by atoms with Crippen molar-refractivity contribution in [2.45, 2.75) is 75.2 Å². The van der Waals surface area contributed by atoms with Gasteiger partial charge >= 0.3 is 0 Å². The largest absolute Gasteiger partial charge is 0.0651 e. The molecule has 0 spiro atoms. The molecule has 0 heteroatoms. The molecule has 11 unspecified atom stereocenters. The minimum Gasteiger partial charge on any atom is -0.0651 e. The Morgan fingerprint density at radius 3 is 1.91 bits per heavy atom. The molecule has 0 nitrogen and oxygen atoms in total. The SMILES string of the molecule is CCC1C(C)C2(C)C1C1C3C4C(C)CC(C)(C4(C)C)C3(C)C12C. The predicted octanol–water partition coefficient (Wildman–Crippen LogP) is 6.26. The normalized spacial score (nSPS) is 73.2. The third-order valence-corrected chi connectivity index (χ3v) is 12.7. The summed E-state index contributed by atoms with van der Waals surface area (Å²) in [5.74, 6) is 7.02. The summed E-state index contributed by atoms with van der Waals surface area (Å²) in [7, 11) is 0. The lowest BCUT2D eigenvalue weighted by molar-refractivity contribution is -0.471. The van der Waals surface area contributed by atoms with Gasteiger partial charge < -0.3 is 0 Å². The lowest BCUT2D eigenvalue weighted by atomic mass is 9.10. The minimum atomic E-state index is 0.535. The molecule has 0 amide bonds. The number of fused-ring (bicyclic) bond motifs is 11. The molecule has 5 fully saturated rings. The minimum absolute atomic E-state index is 0.535.